The summed E-state index contributed by atoms with van der Waals surface area (Å²) in [5.41, 5.74) is 15.5. The second-order valence-corrected chi connectivity index (χ2v) is 18.4. The summed E-state index contributed by atoms with van der Waals surface area (Å²) >= 11 is 2.98. The second kappa shape index (κ2) is 18.4. The van der Waals surface area contributed by atoms with E-state index in [9.17, 15) is 8.42 Å². The lowest BCUT2D eigenvalue weighted by atomic mass is 9.85. The zero-order valence-electron chi connectivity index (χ0n) is 33.7. The molecule has 0 saturated carbocycles. The number of benzene rings is 4. The van der Waals surface area contributed by atoms with Crippen LogP contribution in [0.3, 0.4) is 0 Å². The number of nitrogens with one attached hydrogen (secondary N) is 1. The highest BCUT2D eigenvalue weighted by atomic mass is 32.2. The fourth-order valence-corrected chi connectivity index (χ4v) is 9.96. The van der Waals surface area contributed by atoms with E-state index in [1.807, 2.05) is 70.2 Å². The summed E-state index contributed by atoms with van der Waals surface area (Å²) < 4.78 is 37.1. The molecule has 0 bridgehead atoms. The van der Waals surface area contributed by atoms with Crippen LogP contribution >= 0.6 is 22.7 Å². The Kier molecular flexibility index (Phi) is 13.0. The van der Waals surface area contributed by atoms with Crippen LogP contribution < -0.4 is 25.1 Å². The van der Waals surface area contributed by atoms with Crippen LogP contribution in [0.1, 0.15) is 87.7 Å². The Labute approximate surface area is 358 Å². The first-order valence-corrected chi connectivity index (χ1v) is 22.8. The predicted molar refractivity (Wildman–Crippen MR) is 237 cm³/mol. The Morgan fingerprint density at radius 1 is 0.700 bits per heavy atom. The van der Waals surface area contributed by atoms with Crippen molar-refractivity contribution in [2.45, 2.75) is 90.5 Å². The number of rotatable bonds is 10. The molecule has 0 radical (unpaired) electrons. The Balaban J connectivity index is 0.000000183. The molecular formula is C44H45N9O4S3. The van der Waals surface area contributed by atoms with Crippen LogP contribution in [0.4, 0.5) is 11.4 Å². The molecule has 0 amide bonds. The lowest BCUT2D eigenvalue weighted by molar-refractivity contribution is 0.244. The molecule has 4 aromatic carbocycles. The van der Waals surface area contributed by atoms with Crippen LogP contribution in [0, 0.1) is 13.1 Å². The van der Waals surface area contributed by atoms with Crippen molar-refractivity contribution in [1.82, 2.24) is 25.1 Å². The molecule has 2 aliphatic carbocycles. The van der Waals surface area contributed by atoms with E-state index in [0.29, 0.717) is 34.3 Å². The number of aromatic nitrogens is 4. The smallest absolute Gasteiger partial charge is 0.274 e. The van der Waals surface area contributed by atoms with Crippen LogP contribution in [0.5, 0.6) is 11.5 Å². The summed E-state index contributed by atoms with van der Waals surface area (Å²) in [6, 6.07) is 22.9. The molecule has 16 heteroatoms. The van der Waals surface area contributed by atoms with Crippen LogP contribution in [0.15, 0.2) is 72.8 Å². The van der Waals surface area contributed by atoms with Crippen molar-refractivity contribution in [3.8, 4) is 53.8 Å². The van der Waals surface area contributed by atoms with E-state index < -0.39 is 10.2 Å². The molecule has 2 heterocycles. The average Bonchev–Trinajstić information content (AvgIpc) is 3.92. The molecule has 13 nitrogen and oxygen atoms in total. The van der Waals surface area contributed by atoms with Gasteiger partial charge in [0.05, 0.1) is 25.4 Å². The molecular weight excluding hydrogens is 815 g/mol. The van der Waals surface area contributed by atoms with E-state index >= 15 is 0 Å². The molecule has 308 valence electrons. The van der Waals surface area contributed by atoms with Crippen LogP contribution in [0.25, 0.3) is 52.0 Å². The lowest BCUT2D eigenvalue weighted by Gasteiger charge is -2.26. The molecule has 8 rings (SSSR count). The monoisotopic (exact) mass is 859 g/mol. The van der Waals surface area contributed by atoms with Gasteiger partial charge in [0.15, 0.2) is 0 Å². The van der Waals surface area contributed by atoms with E-state index in [0.717, 1.165) is 80.5 Å². The summed E-state index contributed by atoms with van der Waals surface area (Å²) in [4.78, 5) is 7.19. The van der Waals surface area contributed by atoms with Crippen molar-refractivity contribution in [3.05, 3.63) is 118 Å². The fourth-order valence-electron chi connectivity index (χ4n) is 7.54. The zero-order valence-corrected chi connectivity index (χ0v) is 36.1. The minimum absolute atomic E-state index is 0.0219. The van der Waals surface area contributed by atoms with Crippen LogP contribution in [-0.2, 0) is 23.1 Å². The quantitative estimate of drug-likeness (QED) is 0.113. The number of hydrogen-bond acceptors (Lipinski definition) is 11. The van der Waals surface area contributed by atoms with Crippen molar-refractivity contribution >= 4 is 44.3 Å². The van der Waals surface area contributed by atoms with E-state index in [2.05, 4.69) is 53.0 Å². The Morgan fingerprint density at radius 3 is 1.65 bits per heavy atom. The highest BCUT2D eigenvalue weighted by Gasteiger charge is 2.27. The van der Waals surface area contributed by atoms with Gasteiger partial charge >= 0.3 is 0 Å². The molecule has 60 heavy (non-hydrogen) atoms. The van der Waals surface area contributed by atoms with Gasteiger partial charge in [0.25, 0.3) is 10.2 Å². The van der Waals surface area contributed by atoms with Gasteiger partial charge in [0.2, 0.25) is 11.4 Å². The number of nitrogens with two attached hydrogens (primary N) is 2. The third-order valence-electron chi connectivity index (χ3n) is 10.1. The number of nitrogens with zero attached hydrogens (tertiary/aromatic N) is 6. The molecule has 0 saturated heterocycles. The first-order chi connectivity index (χ1) is 28.8. The highest BCUT2D eigenvalue weighted by molar-refractivity contribution is 7.87. The minimum Gasteiger partial charge on any atom is -0.502 e. The van der Waals surface area contributed by atoms with Gasteiger partial charge in [-0.3, -0.25) is 0 Å². The number of hydrogen-bond donors (Lipinski definition) is 3. The van der Waals surface area contributed by atoms with Gasteiger partial charge in [-0.2, -0.15) is 13.1 Å². The van der Waals surface area contributed by atoms with Gasteiger partial charge in [-0.25, -0.2) is 14.8 Å². The summed E-state index contributed by atoms with van der Waals surface area (Å²) in [6.45, 7) is 22.7. The van der Waals surface area contributed by atoms with Crippen molar-refractivity contribution in [2.24, 2.45) is 10.9 Å². The third kappa shape index (κ3) is 9.71. The molecule has 2 aliphatic rings. The summed E-state index contributed by atoms with van der Waals surface area (Å²) in [7, 11) is -3.80. The maximum Gasteiger partial charge on any atom is 0.274 e. The molecule has 2 aromatic heterocycles. The van der Waals surface area contributed by atoms with E-state index in [1.165, 1.54) is 22.5 Å². The maximum atomic E-state index is 11.6. The molecule has 0 fully saturated rings. The average molecular weight is 860 g/mol. The van der Waals surface area contributed by atoms with Crippen molar-refractivity contribution in [3.63, 3.8) is 0 Å². The third-order valence-corrected chi connectivity index (χ3v) is 12.7. The molecule has 0 unspecified atom stereocenters. The predicted octanol–water partition coefficient (Wildman–Crippen LogP) is 9.93. The Hall–Kier alpha value is -5.59. The topological polar surface area (TPSA) is 177 Å². The minimum atomic E-state index is -3.80. The van der Waals surface area contributed by atoms with Crippen molar-refractivity contribution in [1.29, 1.82) is 0 Å². The zero-order chi connectivity index (χ0) is 42.6. The standard InChI is InChI=1S/C22H23N5O3S2.C22H22N4OS/c1-13(2)30-20-11-10-14(12-19(20)24-3)21-25-26-22(31-21)17-8-4-7-16-15(17)6-5-9-18(16)27-32(23,28)29;1-13(2)27-20-11-10-14(12-19(20)24-3)21-25-26-22(28-21)17-8-4-7-16-15(17)6-5-9-18(16)23/h4,7-8,10-13,18,27H,5-6,9H2,1-2H3,(H2,23,28,29);4,7-8,10-13,18H,5-6,9,23H2,1-2H3/t2*18-/m11/s1. The summed E-state index contributed by atoms with van der Waals surface area (Å²) in [5.74, 6) is 1.15. The normalized spacial score (nSPS) is 15.9. The second-order valence-electron chi connectivity index (χ2n) is 15.1. The summed E-state index contributed by atoms with van der Waals surface area (Å²) in [5, 5.41) is 25.9. The molecule has 5 N–H and O–H groups in total. The van der Waals surface area contributed by atoms with E-state index in [4.69, 9.17) is 33.5 Å². The first-order valence-electron chi connectivity index (χ1n) is 19.7. The van der Waals surface area contributed by atoms with Gasteiger partial charge in [0, 0.05) is 34.3 Å². The molecule has 0 aliphatic heterocycles. The molecule has 6 aromatic rings. The van der Waals surface area contributed by atoms with Crippen LogP contribution in [0.2, 0.25) is 0 Å². The molecule has 2 atom stereocenters. The largest absolute Gasteiger partial charge is 0.502 e. The van der Waals surface area contributed by atoms with Gasteiger partial charge in [-0.1, -0.05) is 71.2 Å². The van der Waals surface area contributed by atoms with E-state index in [-0.39, 0.29) is 24.3 Å². The lowest BCUT2D eigenvalue weighted by Crippen LogP contribution is -2.35. The first kappa shape index (κ1) is 42.5. The SMILES string of the molecule is [C-]#[N+]c1cc(-c2nnc(-c3cccc4c3CCC[C@H]4N)s2)ccc1OC(C)C.[C-]#[N+]c1cc(-c2nnc(-c3cccc4c3CCC[C@H]4NS(N)(=O)=O)s2)ccc1OC(C)C. The van der Waals surface area contributed by atoms with Gasteiger partial charge < -0.3 is 15.2 Å². The highest BCUT2D eigenvalue weighted by Crippen LogP contribution is 2.42. The fraction of sp³-hybridized carbons (Fsp3) is 0.318. The summed E-state index contributed by atoms with van der Waals surface area (Å²) in [6.07, 6.45) is 5.52. The maximum absolute atomic E-state index is 11.6. The van der Waals surface area contributed by atoms with Crippen molar-refractivity contribution in [2.75, 3.05) is 0 Å². The van der Waals surface area contributed by atoms with Gasteiger partial charge in [0.1, 0.15) is 31.5 Å². The van der Waals surface area contributed by atoms with Crippen molar-refractivity contribution < 1.29 is 17.9 Å². The van der Waals surface area contributed by atoms with Gasteiger partial charge in [-0.15, -0.1) is 20.4 Å². The van der Waals surface area contributed by atoms with Crippen LogP contribution in [-0.4, -0.2) is 41.0 Å². The van der Waals surface area contributed by atoms with E-state index in [1.54, 1.807) is 23.5 Å². The van der Waals surface area contributed by atoms with Gasteiger partial charge in [-0.05, 0) is 113 Å². The number of fused-ring (bicyclic) bond motifs is 2. The Bertz CT molecular complexity index is 2720. The number of ether oxygens (including phenoxy) is 2. The molecule has 0 spiro atoms. The Morgan fingerprint density at radius 2 is 1.17 bits per heavy atom.